The first-order valence-electron chi connectivity index (χ1n) is 5.31. The summed E-state index contributed by atoms with van der Waals surface area (Å²) in [5.74, 6) is -1.44. The zero-order chi connectivity index (χ0) is 12.6. The van der Waals surface area contributed by atoms with Crippen LogP contribution >= 0.6 is 0 Å². The van der Waals surface area contributed by atoms with Crippen molar-refractivity contribution >= 4 is 11.9 Å². The zero-order valence-electron chi connectivity index (χ0n) is 9.36. The number of hydrogen-bond acceptors (Lipinski definition) is 3. The zero-order valence-corrected chi connectivity index (χ0v) is 9.36. The molecule has 0 radical (unpaired) electrons. The van der Waals surface area contributed by atoms with E-state index in [9.17, 15) is 14.7 Å². The van der Waals surface area contributed by atoms with Gasteiger partial charge in [0.05, 0.1) is 0 Å². The van der Waals surface area contributed by atoms with Crippen molar-refractivity contribution in [3.63, 3.8) is 0 Å². The van der Waals surface area contributed by atoms with Crippen molar-refractivity contribution in [2.24, 2.45) is 0 Å². The smallest absolute Gasteiger partial charge is 0.329 e. The highest BCUT2D eigenvalue weighted by Gasteiger charge is 2.51. The molecular weight excluding hydrogens is 222 g/mol. The minimum absolute atomic E-state index is 0.0258. The molecule has 0 spiro atoms. The highest BCUT2D eigenvalue weighted by atomic mass is 16.4. The molecule has 1 aliphatic carbocycles. The summed E-state index contributed by atoms with van der Waals surface area (Å²) in [4.78, 5) is 22.8. The fourth-order valence-electron chi connectivity index (χ4n) is 1.67. The Morgan fingerprint density at radius 3 is 2.53 bits per heavy atom. The summed E-state index contributed by atoms with van der Waals surface area (Å²) in [7, 11) is 0. The highest BCUT2D eigenvalue weighted by Crippen LogP contribution is 2.36. The molecule has 1 aromatic rings. The summed E-state index contributed by atoms with van der Waals surface area (Å²) in [6, 6.07) is 4.59. The summed E-state index contributed by atoms with van der Waals surface area (Å²) in [6.07, 6.45) is 0.901. The minimum atomic E-state index is -1.10. The van der Waals surface area contributed by atoms with Crippen LogP contribution in [0.2, 0.25) is 0 Å². The molecule has 1 aromatic carbocycles. The number of carbonyl (C=O) groups excluding carboxylic acids is 1. The van der Waals surface area contributed by atoms with Crippen molar-refractivity contribution in [1.82, 2.24) is 5.32 Å². The molecule has 17 heavy (non-hydrogen) atoms. The fourth-order valence-corrected chi connectivity index (χ4v) is 1.67. The van der Waals surface area contributed by atoms with Gasteiger partial charge in [-0.1, -0.05) is 6.07 Å². The molecule has 3 N–H and O–H groups in total. The molecule has 0 atom stereocenters. The second-order valence-electron chi connectivity index (χ2n) is 4.29. The predicted octanol–water partition coefficient (Wildman–Crippen LogP) is 1.05. The molecule has 0 saturated heterocycles. The van der Waals surface area contributed by atoms with E-state index in [0.29, 0.717) is 24.0 Å². The van der Waals surface area contributed by atoms with Crippen LogP contribution in [0, 0.1) is 6.92 Å². The van der Waals surface area contributed by atoms with Gasteiger partial charge in [0, 0.05) is 11.1 Å². The number of carbonyl (C=O) groups is 2. The van der Waals surface area contributed by atoms with Crippen molar-refractivity contribution in [2.75, 3.05) is 0 Å². The molecule has 0 bridgehead atoms. The molecule has 5 nitrogen and oxygen atoms in total. The number of benzene rings is 1. The first kappa shape index (κ1) is 11.4. The summed E-state index contributed by atoms with van der Waals surface area (Å²) in [5.41, 5.74) is -0.349. The van der Waals surface area contributed by atoms with E-state index >= 15 is 0 Å². The van der Waals surface area contributed by atoms with Crippen molar-refractivity contribution in [1.29, 1.82) is 0 Å². The summed E-state index contributed by atoms with van der Waals surface area (Å²) < 4.78 is 0. The molecule has 90 valence electrons. The number of rotatable bonds is 3. The third-order valence-electron chi connectivity index (χ3n) is 3.06. The Hall–Kier alpha value is -2.04. The Morgan fingerprint density at radius 2 is 2.00 bits per heavy atom. The Morgan fingerprint density at radius 1 is 1.35 bits per heavy atom. The van der Waals surface area contributed by atoms with Crippen LogP contribution in [0.4, 0.5) is 0 Å². The van der Waals surface area contributed by atoms with E-state index in [4.69, 9.17) is 5.11 Å². The van der Waals surface area contributed by atoms with Crippen LogP contribution in [0.5, 0.6) is 5.75 Å². The number of carboxylic acid groups (broad SMARTS) is 1. The molecule has 1 amide bonds. The maximum absolute atomic E-state index is 11.9. The van der Waals surface area contributed by atoms with Crippen molar-refractivity contribution in [2.45, 2.75) is 25.3 Å². The van der Waals surface area contributed by atoms with Crippen LogP contribution in [-0.4, -0.2) is 27.6 Å². The van der Waals surface area contributed by atoms with Crippen molar-refractivity contribution < 1.29 is 19.8 Å². The van der Waals surface area contributed by atoms with E-state index in [-0.39, 0.29) is 5.75 Å². The Bertz CT molecular complexity index is 491. The Labute approximate surface area is 98.1 Å². The second-order valence-corrected chi connectivity index (χ2v) is 4.29. The van der Waals surface area contributed by atoms with E-state index in [0.717, 1.165) is 0 Å². The quantitative estimate of drug-likeness (QED) is 0.730. The number of amides is 1. The van der Waals surface area contributed by atoms with Gasteiger partial charge in [0.15, 0.2) is 0 Å². The second kappa shape index (κ2) is 3.76. The fraction of sp³-hybridized carbons (Fsp3) is 0.333. The lowest BCUT2D eigenvalue weighted by Crippen LogP contribution is -2.43. The lowest BCUT2D eigenvalue weighted by Gasteiger charge is -2.14. The first-order chi connectivity index (χ1) is 7.96. The predicted molar refractivity (Wildman–Crippen MR) is 59.9 cm³/mol. The molecule has 1 aliphatic rings. The molecule has 1 saturated carbocycles. The van der Waals surface area contributed by atoms with Gasteiger partial charge in [0.2, 0.25) is 0 Å². The van der Waals surface area contributed by atoms with Crippen LogP contribution in [0.15, 0.2) is 18.2 Å². The first-order valence-corrected chi connectivity index (χ1v) is 5.31. The monoisotopic (exact) mass is 235 g/mol. The summed E-state index contributed by atoms with van der Waals surface area (Å²) in [5, 5.41) is 20.9. The van der Waals surface area contributed by atoms with E-state index in [1.807, 2.05) is 0 Å². The van der Waals surface area contributed by atoms with Crippen LogP contribution < -0.4 is 5.32 Å². The van der Waals surface area contributed by atoms with E-state index in [2.05, 4.69) is 5.32 Å². The maximum Gasteiger partial charge on any atom is 0.329 e. The number of phenolic OH excluding ortho intramolecular Hbond substituents is 1. The average molecular weight is 235 g/mol. The SMILES string of the molecule is Cc1c(O)cccc1C(=O)NC1(C(=O)O)CC1. The number of aliphatic carboxylic acids is 1. The van der Waals surface area contributed by atoms with Crippen LogP contribution in [0.3, 0.4) is 0 Å². The third-order valence-corrected chi connectivity index (χ3v) is 3.06. The molecular formula is C12H13NO4. The topological polar surface area (TPSA) is 86.6 Å². The van der Waals surface area contributed by atoms with E-state index in [1.165, 1.54) is 6.07 Å². The molecule has 0 unspecified atom stereocenters. The summed E-state index contributed by atoms with van der Waals surface area (Å²) in [6.45, 7) is 1.62. The van der Waals surface area contributed by atoms with Gasteiger partial charge in [-0.3, -0.25) is 4.79 Å². The van der Waals surface area contributed by atoms with Gasteiger partial charge in [-0.2, -0.15) is 0 Å². The van der Waals surface area contributed by atoms with Gasteiger partial charge >= 0.3 is 5.97 Å². The molecule has 0 aromatic heterocycles. The molecule has 0 heterocycles. The van der Waals surface area contributed by atoms with Gasteiger partial charge in [-0.05, 0) is 31.9 Å². The van der Waals surface area contributed by atoms with E-state index in [1.54, 1.807) is 19.1 Å². The molecule has 1 fully saturated rings. The Kier molecular flexibility index (Phi) is 2.53. The summed E-state index contributed by atoms with van der Waals surface area (Å²) >= 11 is 0. The van der Waals surface area contributed by atoms with Crippen LogP contribution in [-0.2, 0) is 4.79 Å². The van der Waals surface area contributed by atoms with Gasteiger partial charge < -0.3 is 15.5 Å². The van der Waals surface area contributed by atoms with Crippen LogP contribution in [0.25, 0.3) is 0 Å². The standard InChI is InChI=1S/C12H13NO4/c1-7-8(3-2-4-9(7)14)10(15)13-12(5-6-12)11(16)17/h2-4,14H,5-6H2,1H3,(H,13,15)(H,16,17). The number of hydrogen-bond donors (Lipinski definition) is 3. The van der Waals surface area contributed by atoms with Gasteiger partial charge in [-0.25, -0.2) is 4.79 Å². The maximum atomic E-state index is 11.9. The minimum Gasteiger partial charge on any atom is -0.508 e. The van der Waals surface area contributed by atoms with Crippen LogP contribution in [0.1, 0.15) is 28.8 Å². The lowest BCUT2D eigenvalue weighted by atomic mass is 10.1. The van der Waals surface area contributed by atoms with E-state index < -0.39 is 17.4 Å². The molecule has 5 heteroatoms. The number of phenols is 1. The number of carboxylic acids is 1. The molecule has 2 rings (SSSR count). The molecule has 0 aliphatic heterocycles. The van der Waals surface area contributed by atoms with Crippen molar-refractivity contribution in [3.05, 3.63) is 29.3 Å². The highest BCUT2D eigenvalue weighted by molar-refractivity contribution is 6.00. The lowest BCUT2D eigenvalue weighted by molar-refractivity contribution is -0.140. The normalized spacial score (nSPS) is 16.3. The largest absolute Gasteiger partial charge is 0.508 e. The number of aromatic hydroxyl groups is 1. The average Bonchev–Trinajstić information content (AvgIpc) is 3.03. The van der Waals surface area contributed by atoms with Gasteiger partial charge in [0.1, 0.15) is 11.3 Å². The van der Waals surface area contributed by atoms with Gasteiger partial charge in [0.25, 0.3) is 5.91 Å². The van der Waals surface area contributed by atoms with Gasteiger partial charge in [-0.15, -0.1) is 0 Å². The van der Waals surface area contributed by atoms with Crippen molar-refractivity contribution in [3.8, 4) is 5.75 Å². The third kappa shape index (κ3) is 1.95. The number of nitrogens with one attached hydrogen (secondary N) is 1. The Balaban J connectivity index is 2.21.